The van der Waals surface area contributed by atoms with Crippen molar-refractivity contribution in [3.63, 3.8) is 0 Å². The topological polar surface area (TPSA) is 91.5 Å². The van der Waals surface area contributed by atoms with Crippen LogP contribution in [0.15, 0.2) is 60.7 Å². The molecule has 2 amide bonds. The van der Waals surface area contributed by atoms with E-state index in [0.717, 1.165) is 31.4 Å². The lowest BCUT2D eigenvalue weighted by Crippen LogP contribution is -2.44. The van der Waals surface area contributed by atoms with Gasteiger partial charge in [0.05, 0.1) is 0 Å². The van der Waals surface area contributed by atoms with Crippen LogP contribution in [0.4, 0.5) is 10.5 Å². The number of rotatable bonds is 17. The van der Waals surface area contributed by atoms with Crippen molar-refractivity contribution in [1.29, 1.82) is 0 Å². The van der Waals surface area contributed by atoms with Crippen molar-refractivity contribution in [2.45, 2.75) is 77.4 Å². The molecule has 37 heavy (non-hydrogen) atoms. The number of benzene rings is 2. The van der Waals surface area contributed by atoms with E-state index < -0.39 is 12.1 Å². The highest BCUT2D eigenvalue weighted by molar-refractivity contribution is 7.80. The van der Waals surface area contributed by atoms with Crippen LogP contribution in [0.1, 0.15) is 70.3 Å². The smallest absolute Gasteiger partial charge is 0.408 e. The standard InChI is InChI=1S/C29H42N4O3S/c1-2-3-4-5-6-14-21-30-28(37)31-22-15-13-20-26(27(34)32-25-18-11-8-12-19-25)33-29(35)36-23-24-16-9-7-10-17-24/h7-12,16-19,26H,2-6,13-15,20-23H2,1H3,(H,32,34)(H,33,35)(H2,30,31,37)/t26-/m0/s1. The first-order chi connectivity index (χ1) is 18.1. The van der Waals surface area contributed by atoms with Gasteiger partial charge < -0.3 is 26.0 Å². The Bertz CT molecular complexity index is 912. The van der Waals surface area contributed by atoms with Gasteiger partial charge in [0.15, 0.2) is 5.11 Å². The van der Waals surface area contributed by atoms with Gasteiger partial charge in [-0.3, -0.25) is 4.79 Å². The molecule has 0 saturated heterocycles. The van der Waals surface area contributed by atoms with Crippen LogP contribution >= 0.6 is 12.2 Å². The molecule has 0 aliphatic heterocycles. The van der Waals surface area contributed by atoms with Crippen LogP contribution in [0.2, 0.25) is 0 Å². The van der Waals surface area contributed by atoms with Crippen LogP contribution in [0.3, 0.4) is 0 Å². The fourth-order valence-electron chi connectivity index (χ4n) is 3.77. The van der Waals surface area contributed by atoms with Gasteiger partial charge in [0.25, 0.3) is 0 Å². The third-order valence-electron chi connectivity index (χ3n) is 5.88. The minimum absolute atomic E-state index is 0.146. The summed E-state index contributed by atoms with van der Waals surface area (Å²) in [5.74, 6) is -0.271. The van der Waals surface area contributed by atoms with Gasteiger partial charge in [0, 0.05) is 18.8 Å². The van der Waals surface area contributed by atoms with Crippen LogP contribution in [0.5, 0.6) is 0 Å². The number of ether oxygens (including phenoxy) is 1. The van der Waals surface area contributed by atoms with Crippen molar-refractivity contribution >= 4 is 35.0 Å². The van der Waals surface area contributed by atoms with E-state index in [0.29, 0.717) is 23.8 Å². The largest absolute Gasteiger partial charge is 0.445 e. The van der Waals surface area contributed by atoms with Gasteiger partial charge in [-0.05, 0) is 55.6 Å². The maximum Gasteiger partial charge on any atom is 0.408 e. The summed E-state index contributed by atoms with van der Waals surface area (Å²) in [5.41, 5.74) is 1.57. The molecule has 0 unspecified atom stereocenters. The third kappa shape index (κ3) is 14.3. The van der Waals surface area contributed by atoms with Crippen molar-refractivity contribution in [3.05, 3.63) is 66.2 Å². The SMILES string of the molecule is CCCCCCCCNC(=S)NCCCC[C@H](NC(=O)OCc1ccccc1)C(=O)Nc1ccccc1. The molecule has 0 spiro atoms. The number of amides is 2. The molecule has 2 aromatic rings. The van der Waals surface area contributed by atoms with Crippen LogP contribution in [-0.4, -0.2) is 36.2 Å². The van der Waals surface area contributed by atoms with Gasteiger partial charge in [-0.1, -0.05) is 87.6 Å². The lowest BCUT2D eigenvalue weighted by atomic mass is 10.1. The summed E-state index contributed by atoms with van der Waals surface area (Å²) in [6.45, 7) is 3.96. The van der Waals surface area contributed by atoms with Crippen LogP contribution < -0.4 is 21.3 Å². The number of nitrogens with one attached hydrogen (secondary N) is 4. The van der Waals surface area contributed by atoms with Gasteiger partial charge in [-0.2, -0.15) is 0 Å². The summed E-state index contributed by atoms with van der Waals surface area (Å²) in [5, 5.41) is 12.7. The van der Waals surface area contributed by atoms with E-state index in [9.17, 15) is 9.59 Å². The fraction of sp³-hybridized carbons (Fsp3) is 0.483. The molecule has 0 bridgehead atoms. The molecule has 0 fully saturated rings. The Morgan fingerprint density at radius 3 is 2.08 bits per heavy atom. The van der Waals surface area contributed by atoms with Gasteiger partial charge >= 0.3 is 6.09 Å². The van der Waals surface area contributed by atoms with Crippen molar-refractivity contribution in [3.8, 4) is 0 Å². The maximum atomic E-state index is 12.9. The predicted molar refractivity (Wildman–Crippen MR) is 154 cm³/mol. The second-order valence-electron chi connectivity index (χ2n) is 9.06. The molecule has 2 aromatic carbocycles. The molecule has 0 aliphatic rings. The Hall–Kier alpha value is -3.13. The van der Waals surface area contributed by atoms with E-state index in [1.54, 1.807) is 0 Å². The average molecular weight is 527 g/mol. The van der Waals surface area contributed by atoms with Gasteiger partial charge in [0.2, 0.25) is 5.91 Å². The number of thiocarbonyl (C=S) groups is 1. The predicted octanol–water partition coefficient (Wildman–Crippen LogP) is 5.92. The Labute approximate surface area is 227 Å². The van der Waals surface area contributed by atoms with E-state index in [1.807, 2.05) is 60.7 Å². The summed E-state index contributed by atoms with van der Waals surface area (Å²) in [4.78, 5) is 25.3. The lowest BCUT2D eigenvalue weighted by Gasteiger charge is -2.19. The molecule has 8 heteroatoms. The Balaban J connectivity index is 1.71. The summed E-state index contributed by atoms with van der Waals surface area (Å²) in [7, 11) is 0. The van der Waals surface area contributed by atoms with Crippen molar-refractivity contribution in [1.82, 2.24) is 16.0 Å². The Kier molecular flexibility index (Phi) is 15.5. The zero-order valence-electron chi connectivity index (χ0n) is 22.0. The summed E-state index contributed by atoms with van der Waals surface area (Å²) < 4.78 is 5.32. The van der Waals surface area contributed by atoms with Crippen molar-refractivity contribution < 1.29 is 14.3 Å². The van der Waals surface area contributed by atoms with E-state index >= 15 is 0 Å². The number of carbonyl (C=O) groups is 2. The van der Waals surface area contributed by atoms with Crippen LogP contribution in [0, 0.1) is 0 Å². The quantitative estimate of drug-likeness (QED) is 0.151. The van der Waals surface area contributed by atoms with E-state index in [4.69, 9.17) is 17.0 Å². The number of hydrogen-bond donors (Lipinski definition) is 4. The summed E-state index contributed by atoms with van der Waals surface area (Å²) >= 11 is 5.36. The molecule has 7 nitrogen and oxygen atoms in total. The van der Waals surface area contributed by atoms with Crippen LogP contribution in [0.25, 0.3) is 0 Å². The molecular formula is C29H42N4O3S. The second kappa shape index (κ2) is 19.0. The molecule has 0 radical (unpaired) electrons. The second-order valence-corrected chi connectivity index (χ2v) is 9.47. The minimum atomic E-state index is -0.707. The number of carbonyl (C=O) groups excluding carboxylic acids is 2. The number of para-hydroxylation sites is 1. The lowest BCUT2D eigenvalue weighted by molar-refractivity contribution is -0.118. The van der Waals surface area contributed by atoms with Gasteiger partial charge in [0.1, 0.15) is 12.6 Å². The van der Waals surface area contributed by atoms with E-state index in [-0.39, 0.29) is 12.5 Å². The molecule has 1 atom stereocenters. The molecule has 4 N–H and O–H groups in total. The highest BCUT2D eigenvalue weighted by Gasteiger charge is 2.21. The third-order valence-corrected chi connectivity index (χ3v) is 6.17. The molecular weight excluding hydrogens is 484 g/mol. The highest BCUT2D eigenvalue weighted by Crippen LogP contribution is 2.09. The average Bonchev–Trinajstić information content (AvgIpc) is 2.91. The first kappa shape index (κ1) is 30.1. The molecule has 0 aliphatic carbocycles. The van der Waals surface area contributed by atoms with E-state index in [2.05, 4.69) is 28.2 Å². The van der Waals surface area contributed by atoms with Gasteiger partial charge in [-0.15, -0.1) is 0 Å². The normalized spacial score (nSPS) is 11.3. The summed E-state index contributed by atoms with van der Waals surface area (Å²) in [6, 6.07) is 17.9. The Morgan fingerprint density at radius 1 is 0.811 bits per heavy atom. The number of anilines is 1. The zero-order valence-corrected chi connectivity index (χ0v) is 22.8. The molecule has 0 aromatic heterocycles. The number of alkyl carbamates (subject to hydrolysis) is 1. The Morgan fingerprint density at radius 2 is 1.41 bits per heavy atom. The number of unbranched alkanes of at least 4 members (excludes halogenated alkanes) is 6. The van der Waals surface area contributed by atoms with Crippen molar-refractivity contribution in [2.75, 3.05) is 18.4 Å². The maximum absolute atomic E-state index is 12.9. The monoisotopic (exact) mass is 526 g/mol. The van der Waals surface area contributed by atoms with Crippen LogP contribution in [-0.2, 0) is 16.1 Å². The fourth-order valence-corrected chi connectivity index (χ4v) is 3.98. The highest BCUT2D eigenvalue weighted by atomic mass is 32.1. The minimum Gasteiger partial charge on any atom is -0.445 e. The molecule has 2 rings (SSSR count). The molecule has 0 heterocycles. The number of hydrogen-bond acceptors (Lipinski definition) is 4. The first-order valence-corrected chi connectivity index (χ1v) is 13.8. The van der Waals surface area contributed by atoms with Gasteiger partial charge in [-0.25, -0.2) is 4.79 Å². The van der Waals surface area contributed by atoms with E-state index in [1.165, 1.54) is 32.1 Å². The van der Waals surface area contributed by atoms with Crippen molar-refractivity contribution in [2.24, 2.45) is 0 Å². The summed E-state index contributed by atoms with van der Waals surface area (Å²) in [6.07, 6.45) is 8.93. The zero-order chi connectivity index (χ0) is 26.6. The molecule has 202 valence electrons. The molecule has 0 saturated carbocycles. The first-order valence-electron chi connectivity index (χ1n) is 13.4.